The van der Waals surface area contributed by atoms with Gasteiger partial charge in [0.25, 0.3) is 0 Å². The van der Waals surface area contributed by atoms with Gasteiger partial charge in [-0.3, -0.25) is 0 Å². The molecule has 108 valence electrons. The fraction of sp³-hybridized carbons (Fsp3) is 0.538. The maximum atomic E-state index is 4.36. The monoisotopic (exact) mass is 292 g/mol. The lowest BCUT2D eigenvalue weighted by Gasteiger charge is -2.20. The van der Waals surface area contributed by atoms with Gasteiger partial charge in [-0.2, -0.15) is 0 Å². The predicted molar refractivity (Wildman–Crippen MR) is 78.5 cm³/mol. The average molecular weight is 292 g/mol. The number of aryl methyl sites for hydroxylation is 1. The van der Waals surface area contributed by atoms with Crippen LogP contribution in [0.5, 0.6) is 0 Å². The highest BCUT2D eigenvalue weighted by Gasteiger charge is 2.10. The molecular weight excluding hydrogens is 272 g/mol. The van der Waals surface area contributed by atoms with E-state index < -0.39 is 0 Å². The van der Waals surface area contributed by atoms with Crippen LogP contribution in [0.1, 0.15) is 32.2 Å². The van der Waals surface area contributed by atoms with Gasteiger partial charge in [-0.1, -0.05) is 0 Å². The van der Waals surface area contributed by atoms with Gasteiger partial charge in [0, 0.05) is 37.1 Å². The van der Waals surface area contributed by atoms with Crippen LogP contribution >= 0.6 is 11.8 Å². The van der Waals surface area contributed by atoms with E-state index in [2.05, 4.69) is 46.3 Å². The molecule has 2 rings (SSSR count). The molecule has 0 unspecified atom stereocenters. The fourth-order valence-electron chi connectivity index (χ4n) is 1.41. The van der Waals surface area contributed by atoms with E-state index in [1.165, 1.54) is 11.8 Å². The molecule has 0 aliphatic heterocycles. The Morgan fingerprint density at radius 1 is 1.20 bits per heavy atom. The van der Waals surface area contributed by atoms with Gasteiger partial charge in [0.2, 0.25) is 0 Å². The first-order valence-corrected chi connectivity index (χ1v) is 7.26. The van der Waals surface area contributed by atoms with Gasteiger partial charge in [0.05, 0.1) is 0 Å². The van der Waals surface area contributed by atoms with Crippen LogP contribution in [0.25, 0.3) is 0 Å². The van der Waals surface area contributed by atoms with Crippen molar-refractivity contribution in [2.45, 2.75) is 50.1 Å². The van der Waals surface area contributed by atoms with E-state index >= 15 is 0 Å². The van der Waals surface area contributed by atoms with Crippen molar-refractivity contribution in [3.05, 3.63) is 23.8 Å². The smallest absolute Gasteiger partial charge is 0.198 e. The molecule has 6 nitrogen and oxygen atoms in total. The van der Waals surface area contributed by atoms with Crippen molar-refractivity contribution in [2.75, 3.05) is 0 Å². The summed E-state index contributed by atoms with van der Waals surface area (Å²) < 4.78 is 1.92. The highest BCUT2D eigenvalue weighted by molar-refractivity contribution is 7.99. The van der Waals surface area contributed by atoms with Crippen LogP contribution in [-0.4, -0.2) is 30.3 Å². The van der Waals surface area contributed by atoms with Crippen molar-refractivity contribution in [3.8, 4) is 0 Å². The zero-order valence-corrected chi connectivity index (χ0v) is 13.3. The summed E-state index contributed by atoms with van der Waals surface area (Å²) in [6.07, 6.45) is 3.69. The normalized spacial score (nSPS) is 11.8. The lowest BCUT2D eigenvalue weighted by Crippen LogP contribution is -2.35. The standard InChI is InChI=1S/C13H20N6S/c1-9-17-18-12(19(9)5)20-11-14-6-10(7-15-11)8-16-13(2,3)4/h6-7,16H,8H2,1-5H3. The summed E-state index contributed by atoms with van der Waals surface area (Å²) in [6, 6.07) is 0. The number of hydrogen-bond donors (Lipinski definition) is 1. The highest BCUT2D eigenvalue weighted by Crippen LogP contribution is 2.22. The van der Waals surface area contributed by atoms with Crippen molar-refractivity contribution in [1.29, 1.82) is 0 Å². The van der Waals surface area contributed by atoms with Crippen LogP contribution in [-0.2, 0) is 13.6 Å². The van der Waals surface area contributed by atoms with E-state index in [1.807, 2.05) is 30.9 Å². The molecule has 20 heavy (non-hydrogen) atoms. The van der Waals surface area contributed by atoms with Crippen molar-refractivity contribution in [3.63, 3.8) is 0 Å². The molecule has 2 heterocycles. The number of nitrogens with zero attached hydrogens (tertiary/aromatic N) is 5. The van der Waals surface area contributed by atoms with Crippen LogP contribution in [0, 0.1) is 6.92 Å². The van der Waals surface area contributed by atoms with Crippen LogP contribution in [0.4, 0.5) is 0 Å². The molecule has 2 aromatic rings. The Kier molecular flexibility index (Phi) is 4.39. The van der Waals surface area contributed by atoms with Gasteiger partial charge in [0.1, 0.15) is 5.82 Å². The fourth-order valence-corrected chi connectivity index (χ4v) is 2.14. The van der Waals surface area contributed by atoms with Crippen LogP contribution in [0.2, 0.25) is 0 Å². The van der Waals surface area contributed by atoms with E-state index in [0.29, 0.717) is 5.16 Å². The van der Waals surface area contributed by atoms with Crippen molar-refractivity contribution < 1.29 is 0 Å². The number of rotatable bonds is 4. The molecule has 7 heteroatoms. The Balaban J connectivity index is 2.00. The highest BCUT2D eigenvalue weighted by atomic mass is 32.2. The van der Waals surface area contributed by atoms with Crippen molar-refractivity contribution in [1.82, 2.24) is 30.0 Å². The molecule has 2 aromatic heterocycles. The molecule has 0 fully saturated rings. The molecule has 0 radical (unpaired) electrons. The third kappa shape index (κ3) is 4.01. The van der Waals surface area contributed by atoms with E-state index in [-0.39, 0.29) is 5.54 Å². The molecule has 0 bridgehead atoms. The van der Waals surface area contributed by atoms with Crippen molar-refractivity contribution in [2.24, 2.45) is 7.05 Å². The van der Waals surface area contributed by atoms with Crippen molar-refractivity contribution >= 4 is 11.8 Å². The van der Waals surface area contributed by atoms with Gasteiger partial charge in [-0.05, 0) is 39.5 Å². The van der Waals surface area contributed by atoms with Gasteiger partial charge in [-0.25, -0.2) is 9.97 Å². The van der Waals surface area contributed by atoms with E-state index in [9.17, 15) is 0 Å². The Bertz CT molecular complexity index is 570. The number of aromatic nitrogens is 5. The Morgan fingerprint density at radius 3 is 2.35 bits per heavy atom. The lowest BCUT2D eigenvalue weighted by atomic mass is 10.1. The second-order valence-electron chi connectivity index (χ2n) is 5.67. The molecule has 0 saturated heterocycles. The zero-order valence-electron chi connectivity index (χ0n) is 12.5. The molecule has 1 N–H and O–H groups in total. The maximum Gasteiger partial charge on any atom is 0.198 e. The maximum absolute atomic E-state index is 4.36. The van der Waals surface area contributed by atoms with Gasteiger partial charge < -0.3 is 9.88 Å². The molecule has 0 saturated carbocycles. The molecule has 0 atom stereocenters. The van der Waals surface area contributed by atoms with Crippen LogP contribution < -0.4 is 5.32 Å². The minimum absolute atomic E-state index is 0.0869. The molecule has 0 aliphatic rings. The molecule has 0 aromatic carbocycles. The molecular formula is C13H20N6S. The predicted octanol–water partition coefficient (Wildman–Crippen LogP) is 1.95. The topological polar surface area (TPSA) is 68.5 Å². The first-order valence-electron chi connectivity index (χ1n) is 6.45. The number of nitrogens with one attached hydrogen (secondary N) is 1. The van der Waals surface area contributed by atoms with Gasteiger partial charge in [0.15, 0.2) is 10.3 Å². The first kappa shape index (κ1) is 14.9. The second kappa shape index (κ2) is 5.88. The van der Waals surface area contributed by atoms with Gasteiger partial charge >= 0.3 is 0 Å². The summed E-state index contributed by atoms with van der Waals surface area (Å²) in [5.41, 5.74) is 1.15. The summed E-state index contributed by atoms with van der Waals surface area (Å²) in [4.78, 5) is 8.71. The summed E-state index contributed by atoms with van der Waals surface area (Å²) in [7, 11) is 1.93. The summed E-state index contributed by atoms with van der Waals surface area (Å²) in [6.45, 7) is 9.08. The van der Waals surface area contributed by atoms with E-state index in [1.54, 1.807) is 0 Å². The first-order chi connectivity index (χ1) is 9.35. The number of hydrogen-bond acceptors (Lipinski definition) is 6. The SMILES string of the molecule is Cc1nnc(Sc2ncc(CNC(C)(C)C)cn2)n1C. The molecule has 0 spiro atoms. The van der Waals surface area contributed by atoms with Crippen LogP contribution in [0.15, 0.2) is 22.7 Å². The third-order valence-electron chi connectivity index (χ3n) is 2.74. The minimum atomic E-state index is 0.0869. The zero-order chi connectivity index (χ0) is 14.8. The van der Waals surface area contributed by atoms with E-state index in [4.69, 9.17) is 0 Å². The van der Waals surface area contributed by atoms with Gasteiger partial charge in [-0.15, -0.1) is 10.2 Å². The summed E-state index contributed by atoms with van der Waals surface area (Å²) in [5.74, 6) is 0.874. The Morgan fingerprint density at radius 2 is 1.85 bits per heavy atom. The minimum Gasteiger partial charge on any atom is -0.309 e. The second-order valence-corrected chi connectivity index (χ2v) is 6.60. The Hall–Kier alpha value is -1.47. The Labute approximate surface area is 123 Å². The lowest BCUT2D eigenvalue weighted by molar-refractivity contribution is 0.423. The largest absolute Gasteiger partial charge is 0.309 e. The van der Waals surface area contributed by atoms with Crippen LogP contribution in [0.3, 0.4) is 0 Å². The summed E-state index contributed by atoms with van der Waals surface area (Å²) >= 11 is 1.41. The molecule has 0 aliphatic carbocycles. The van der Waals surface area contributed by atoms with E-state index in [0.717, 1.165) is 23.1 Å². The summed E-state index contributed by atoms with van der Waals surface area (Å²) in [5, 5.41) is 13.0. The quantitative estimate of drug-likeness (QED) is 0.869. The third-order valence-corrected chi connectivity index (χ3v) is 3.67. The molecule has 0 amide bonds. The average Bonchev–Trinajstić information content (AvgIpc) is 2.69.